The van der Waals surface area contributed by atoms with Crippen molar-refractivity contribution in [3.8, 4) is 0 Å². The average Bonchev–Trinajstić information content (AvgIpc) is 2.74. The quantitative estimate of drug-likeness (QED) is 0.618. The summed E-state index contributed by atoms with van der Waals surface area (Å²) in [6.07, 6.45) is 3.67. The van der Waals surface area contributed by atoms with Crippen LogP contribution in [0.25, 0.3) is 0 Å². The smallest absolute Gasteiger partial charge is 0.196 e. The SMILES string of the molecule is CC(C)(C)C1CCCN(c2nc(C(=O)CCl)cs2)CC1. The van der Waals surface area contributed by atoms with Crippen LogP contribution in [0.4, 0.5) is 5.13 Å². The van der Waals surface area contributed by atoms with Crippen LogP contribution in [0.2, 0.25) is 0 Å². The number of Topliss-reactive ketones (excluding diaryl/α,β-unsaturated/α-hetero) is 1. The molecule has 1 atom stereocenters. The Labute approximate surface area is 130 Å². The van der Waals surface area contributed by atoms with Crippen LogP contribution in [0.15, 0.2) is 5.38 Å². The van der Waals surface area contributed by atoms with E-state index < -0.39 is 0 Å². The maximum Gasteiger partial charge on any atom is 0.196 e. The van der Waals surface area contributed by atoms with Gasteiger partial charge in [0.2, 0.25) is 0 Å². The Kier molecular flexibility index (Phi) is 5.08. The second kappa shape index (κ2) is 6.44. The van der Waals surface area contributed by atoms with Crippen molar-refractivity contribution in [1.82, 2.24) is 4.98 Å². The van der Waals surface area contributed by atoms with E-state index >= 15 is 0 Å². The fourth-order valence-corrected chi connectivity index (χ4v) is 3.78. The molecule has 3 nitrogen and oxygen atoms in total. The lowest BCUT2D eigenvalue weighted by Crippen LogP contribution is -2.26. The van der Waals surface area contributed by atoms with E-state index in [0.29, 0.717) is 11.1 Å². The number of rotatable bonds is 3. The van der Waals surface area contributed by atoms with Gasteiger partial charge in [-0.1, -0.05) is 20.8 Å². The van der Waals surface area contributed by atoms with Gasteiger partial charge in [-0.15, -0.1) is 22.9 Å². The van der Waals surface area contributed by atoms with Crippen LogP contribution >= 0.6 is 22.9 Å². The van der Waals surface area contributed by atoms with Crippen LogP contribution in [-0.2, 0) is 0 Å². The zero-order valence-electron chi connectivity index (χ0n) is 12.5. The number of carbonyl (C=O) groups excluding carboxylic acids is 1. The summed E-state index contributed by atoms with van der Waals surface area (Å²) < 4.78 is 0. The first-order chi connectivity index (χ1) is 9.41. The molecule has 2 rings (SSSR count). The van der Waals surface area contributed by atoms with Gasteiger partial charge in [0.1, 0.15) is 5.69 Å². The maximum absolute atomic E-state index is 11.6. The van der Waals surface area contributed by atoms with E-state index in [0.717, 1.165) is 24.1 Å². The molecule has 0 N–H and O–H groups in total. The molecule has 1 aliphatic rings. The number of halogens is 1. The molecule has 0 spiro atoms. The summed E-state index contributed by atoms with van der Waals surface area (Å²) >= 11 is 7.13. The number of hydrogen-bond acceptors (Lipinski definition) is 4. The molecule has 1 unspecified atom stereocenters. The van der Waals surface area contributed by atoms with Crippen molar-refractivity contribution in [3.05, 3.63) is 11.1 Å². The van der Waals surface area contributed by atoms with Crippen molar-refractivity contribution >= 4 is 33.9 Å². The summed E-state index contributed by atoms with van der Waals surface area (Å²) in [4.78, 5) is 18.3. The Hall–Kier alpha value is -0.610. The molecule has 0 aromatic carbocycles. The molecule has 1 fully saturated rings. The molecule has 1 aliphatic heterocycles. The summed E-state index contributed by atoms with van der Waals surface area (Å²) in [5.41, 5.74) is 0.884. The van der Waals surface area contributed by atoms with Crippen LogP contribution in [-0.4, -0.2) is 29.7 Å². The van der Waals surface area contributed by atoms with Crippen molar-refractivity contribution in [1.29, 1.82) is 0 Å². The van der Waals surface area contributed by atoms with Crippen LogP contribution in [0.5, 0.6) is 0 Å². The van der Waals surface area contributed by atoms with Gasteiger partial charge in [0.05, 0.1) is 5.88 Å². The Morgan fingerprint density at radius 3 is 2.85 bits per heavy atom. The number of thiazole rings is 1. The number of nitrogens with zero attached hydrogens (tertiary/aromatic N) is 2. The monoisotopic (exact) mass is 314 g/mol. The Bertz CT molecular complexity index is 467. The topological polar surface area (TPSA) is 33.2 Å². The molecule has 0 amide bonds. The van der Waals surface area contributed by atoms with Gasteiger partial charge in [0.25, 0.3) is 0 Å². The number of anilines is 1. The zero-order chi connectivity index (χ0) is 14.8. The Morgan fingerprint density at radius 1 is 1.45 bits per heavy atom. The minimum absolute atomic E-state index is 0.00920. The number of aromatic nitrogens is 1. The number of ketones is 1. The lowest BCUT2D eigenvalue weighted by molar-refractivity contribution is 0.101. The van der Waals surface area contributed by atoms with Crippen molar-refractivity contribution in [3.63, 3.8) is 0 Å². The number of hydrogen-bond donors (Lipinski definition) is 0. The first-order valence-corrected chi connectivity index (χ1v) is 8.63. The van der Waals surface area contributed by atoms with E-state index in [1.807, 2.05) is 5.38 Å². The van der Waals surface area contributed by atoms with Gasteiger partial charge in [-0.05, 0) is 30.6 Å². The van der Waals surface area contributed by atoms with Crippen LogP contribution in [0, 0.1) is 11.3 Å². The highest BCUT2D eigenvalue weighted by Crippen LogP contribution is 2.35. The van der Waals surface area contributed by atoms with E-state index in [1.165, 1.54) is 19.3 Å². The second-order valence-electron chi connectivity index (χ2n) is 6.55. The predicted molar refractivity (Wildman–Crippen MR) is 86.2 cm³/mol. The summed E-state index contributed by atoms with van der Waals surface area (Å²) in [5.74, 6) is 0.683. The van der Waals surface area contributed by atoms with Crippen molar-refractivity contribution in [2.24, 2.45) is 11.3 Å². The van der Waals surface area contributed by atoms with Gasteiger partial charge in [-0.3, -0.25) is 4.79 Å². The molecule has 1 aromatic rings. The third kappa shape index (κ3) is 3.73. The Balaban J connectivity index is 2.03. The normalized spacial score (nSPS) is 20.8. The van der Waals surface area contributed by atoms with E-state index in [1.54, 1.807) is 11.3 Å². The minimum Gasteiger partial charge on any atom is -0.348 e. The first kappa shape index (κ1) is 15.8. The third-order valence-electron chi connectivity index (χ3n) is 4.12. The summed E-state index contributed by atoms with van der Waals surface area (Å²) in [5, 5.41) is 2.79. The molecular weight excluding hydrogens is 292 g/mol. The van der Waals surface area contributed by atoms with Crippen LogP contribution in [0.1, 0.15) is 50.5 Å². The fraction of sp³-hybridized carbons (Fsp3) is 0.733. The highest BCUT2D eigenvalue weighted by Gasteiger charge is 2.27. The van der Waals surface area contributed by atoms with E-state index in [4.69, 9.17) is 11.6 Å². The van der Waals surface area contributed by atoms with Gasteiger partial charge < -0.3 is 4.90 Å². The molecular formula is C15H23ClN2OS. The van der Waals surface area contributed by atoms with Gasteiger partial charge in [0, 0.05) is 18.5 Å². The predicted octanol–water partition coefficient (Wildman–Crippen LogP) is 4.22. The average molecular weight is 315 g/mol. The number of carbonyl (C=O) groups is 1. The summed E-state index contributed by atoms with van der Waals surface area (Å²) in [6, 6.07) is 0. The van der Waals surface area contributed by atoms with Gasteiger partial charge in [-0.25, -0.2) is 4.98 Å². The lowest BCUT2D eigenvalue weighted by atomic mass is 9.77. The molecule has 20 heavy (non-hydrogen) atoms. The Morgan fingerprint density at radius 2 is 2.20 bits per heavy atom. The molecule has 2 heterocycles. The highest BCUT2D eigenvalue weighted by atomic mass is 35.5. The summed E-state index contributed by atoms with van der Waals surface area (Å²) in [7, 11) is 0. The van der Waals surface area contributed by atoms with Crippen molar-refractivity contribution < 1.29 is 4.79 Å². The maximum atomic E-state index is 11.6. The summed E-state index contributed by atoms with van der Waals surface area (Å²) in [6.45, 7) is 9.05. The largest absolute Gasteiger partial charge is 0.348 e. The van der Waals surface area contributed by atoms with Gasteiger partial charge in [0.15, 0.2) is 10.9 Å². The third-order valence-corrected chi connectivity index (χ3v) is 5.27. The molecule has 5 heteroatoms. The lowest BCUT2D eigenvalue weighted by Gasteiger charge is -2.29. The van der Waals surface area contributed by atoms with Crippen molar-refractivity contribution in [2.45, 2.75) is 40.0 Å². The minimum atomic E-state index is -0.0865. The highest BCUT2D eigenvalue weighted by molar-refractivity contribution is 7.14. The standard InChI is InChI=1S/C15H23ClN2OS/c1-15(2,3)11-5-4-7-18(8-6-11)14-17-12(10-20-14)13(19)9-16/h10-11H,4-9H2,1-3H3. The molecule has 0 radical (unpaired) electrons. The number of alkyl halides is 1. The molecule has 112 valence electrons. The van der Waals surface area contributed by atoms with E-state index in [-0.39, 0.29) is 11.7 Å². The van der Waals surface area contributed by atoms with E-state index in [2.05, 4.69) is 30.7 Å². The molecule has 0 saturated carbocycles. The first-order valence-electron chi connectivity index (χ1n) is 7.21. The van der Waals surface area contributed by atoms with Gasteiger partial charge in [-0.2, -0.15) is 0 Å². The molecule has 0 aliphatic carbocycles. The van der Waals surface area contributed by atoms with Crippen molar-refractivity contribution in [2.75, 3.05) is 23.9 Å². The van der Waals surface area contributed by atoms with Crippen LogP contribution in [0.3, 0.4) is 0 Å². The molecule has 0 bridgehead atoms. The molecule has 1 saturated heterocycles. The second-order valence-corrected chi connectivity index (χ2v) is 7.66. The molecule has 1 aromatic heterocycles. The zero-order valence-corrected chi connectivity index (χ0v) is 14.1. The van der Waals surface area contributed by atoms with Gasteiger partial charge >= 0.3 is 0 Å². The van der Waals surface area contributed by atoms with E-state index in [9.17, 15) is 4.79 Å². The van der Waals surface area contributed by atoms with Crippen LogP contribution < -0.4 is 4.90 Å². The fourth-order valence-electron chi connectivity index (χ4n) is 2.76.